The number of methoxy groups -OCH3 is 2. The van der Waals surface area contributed by atoms with Gasteiger partial charge in [0.2, 0.25) is 0 Å². The third-order valence-corrected chi connectivity index (χ3v) is 3.12. The molecule has 0 aliphatic rings. The molecular weight excluding hydrogens is 274 g/mol. The molecule has 1 heterocycles. The van der Waals surface area contributed by atoms with Crippen LogP contribution in [0.15, 0.2) is 22.7 Å². The second-order valence-electron chi connectivity index (χ2n) is 4.50. The summed E-state index contributed by atoms with van der Waals surface area (Å²) in [5.41, 5.74) is 1.48. The van der Waals surface area contributed by atoms with E-state index in [1.165, 1.54) is 6.07 Å². The van der Waals surface area contributed by atoms with Crippen LogP contribution in [0.25, 0.3) is 11.3 Å². The molecule has 0 aliphatic carbocycles. The van der Waals surface area contributed by atoms with Gasteiger partial charge in [0.1, 0.15) is 11.5 Å². The van der Waals surface area contributed by atoms with Crippen LogP contribution in [0, 0.1) is 0 Å². The molecule has 2 rings (SSSR count). The van der Waals surface area contributed by atoms with Gasteiger partial charge < -0.3 is 19.1 Å². The third-order valence-electron chi connectivity index (χ3n) is 3.12. The van der Waals surface area contributed by atoms with E-state index in [0.29, 0.717) is 22.8 Å². The number of ether oxygens (including phenoxy) is 2. The van der Waals surface area contributed by atoms with Crippen LogP contribution in [0.4, 0.5) is 0 Å². The molecule has 6 nitrogen and oxygen atoms in total. The molecule has 0 atom stereocenters. The first-order valence-corrected chi connectivity index (χ1v) is 6.56. The van der Waals surface area contributed by atoms with Gasteiger partial charge in [0.25, 0.3) is 0 Å². The number of rotatable bonds is 6. The van der Waals surface area contributed by atoms with Gasteiger partial charge in [0.05, 0.1) is 19.8 Å². The minimum Gasteiger partial charge on any atom is -0.496 e. The molecule has 1 aromatic heterocycles. The average molecular weight is 291 g/mol. The number of aryl methyl sites for hydroxylation is 1. The lowest BCUT2D eigenvalue weighted by atomic mass is 10.0. The zero-order valence-electron chi connectivity index (χ0n) is 12.2. The summed E-state index contributed by atoms with van der Waals surface area (Å²) in [5, 5.41) is 12.4. The molecule has 112 valence electrons. The summed E-state index contributed by atoms with van der Waals surface area (Å²) in [7, 11) is 3.14. The van der Waals surface area contributed by atoms with E-state index in [4.69, 9.17) is 19.1 Å². The predicted molar refractivity (Wildman–Crippen MR) is 76.0 cm³/mol. The minimum atomic E-state index is -1.14. The van der Waals surface area contributed by atoms with E-state index in [2.05, 4.69) is 12.1 Å². The second-order valence-corrected chi connectivity index (χ2v) is 4.50. The molecule has 21 heavy (non-hydrogen) atoms. The number of aromatic nitrogens is 1. The molecular formula is C15H17NO5. The van der Waals surface area contributed by atoms with Gasteiger partial charge >= 0.3 is 5.97 Å². The van der Waals surface area contributed by atoms with Crippen molar-refractivity contribution in [1.29, 1.82) is 0 Å². The predicted octanol–water partition coefficient (Wildman–Crippen LogP) is 3.01. The topological polar surface area (TPSA) is 81.8 Å². The first-order valence-electron chi connectivity index (χ1n) is 6.56. The van der Waals surface area contributed by atoms with Crippen LogP contribution in [0.2, 0.25) is 0 Å². The number of nitrogens with zero attached hydrogens (tertiary/aromatic N) is 1. The zero-order valence-corrected chi connectivity index (χ0v) is 12.2. The van der Waals surface area contributed by atoms with Gasteiger partial charge in [-0.15, -0.1) is 0 Å². The fourth-order valence-corrected chi connectivity index (χ4v) is 2.12. The van der Waals surface area contributed by atoms with E-state index in [0.717, 1.165) is 18.4 Å². The fourth-order valence-electron chi connectivity index (χ4n) is 2.12. The maximum absolute atomic E-state index is 10.9. The highest BCUT2D eigenvalue weighted by Gasteiger charge is 2.18. The Morgan fingerprint density at radius 2 is 1.95 bits per heavy atom. The molecule has 1 N–H and O–H groups in total. The summed E-state index contributed by atoms with van der Waals surface area (Å²) >= 11 is 0. The standard InChI is InChI=1S/C15H17NO5/c1-4-5-9-6-13(20-3)10(7-12(9)19-2)14-8-11(15(17)18)16-21-14/h6-8H,4-5H2,1-3H3,(H,17,18). The Kier molecular flexibility index (Phi) is 4.47. The van der Waals surface area contributed by atoms with E-state index in [-0.39, 0.29) is 5.69 Å². The SMILES string of the molecule is CCCc1cc(OC)c(-c2cc(C(=O)O)no2)cc1OC. The molecule has 0 radical (unpaired) electrons. The van der Waals surface area contributed by atoms with Crippen molar-refractivity contribution in [2.45, 2.75) is 19.8 Å². The van der Waals surface area contributed by atoms with Crippen LogP contribution < -0.4 is 9.47 Å². The average Bonchev–Trinajstić information content (AvgIpc) is 2.97. The number of carboxylic acids is 1. The number of aromatic carboxylic acids is 1. The quantitative estimate of drug-likeness (QED) is 0.881. The third kappa shape index (κ3) is 2.99. The van der Waals surface area contributed by atoms with Gasteiger partial charge in [-0.25, -0.2) is 4.79 Å². The van der Waals surface area contributed by atoms with Gasteiger partial charge in [-0.1, -0.05) is 18.5 Å². The normalized spacial score (nSPS) is 10.4. The molecule has 0 fully saturated rings. The Balaban J connectivity index is 2.53. The maximum Gasteiger partial charge on any atom is 0.358 e. The molecule has 0 aliphatic heterocycles. The molecule has 0 saturated heterocycles. The van der Waals surface area contributed by atoms with Crippen molar-refractivity contribution in [3.63, 3.8) is 0 Å². The summed E-state index contributed by atoms with van der Waals surface area (Å²) in [6.45, 7) is 2.08. The highest BCUT2D eigenvalue weighted by atomic mass is 16.5. The highest BCUT2D eigenvalue weighted by Crippen LogP contribution is 2.37. The smallest absolute Gasteiger partial charge is 0.358 e. The first kappa shape index (κ1) is 14.9. The van der Waals surface area contributed by atoms with Crippen molar-refractivity contribution in [1.82, 2.24) is 5.16 Å². The van der Waals surface area contributed by atoms with E-state index < -0.39 is 5.97 Å². The van der Waals surface area contributed by atoms with Crippen molar-refractivity contribution in [3.05, 3.63) is 29.5 Å². The van der Waals surface area contributed by atoms with Gasteiger partial charge in [-0.05, 0) is 24.1 Å². The van der Waals surface area contributed by atoms with Crippen LogP contribution in [-0.4, -0.2) is 30.5 Å². The first-order chi connectivity index (χ1) is 10.1. The van der Waals surface area contributed by atoms with E-state index >= 15 is 0 Å². The Morgan fingerprint density at radius 1 is 1.24 bits per heavy atom. The van der Waals surface area contributed by atoms with Crippen LogP contribution in [0.3, 0.4) is 0 Å². The van der Waals surface area contributed by atoms with Crippen molar-refractivity contribution >= 4 is 5.97 Å². The lowest BCUT2D eigenvalue weighted by Crippen LogP contribution is -1.96. The highest BCUT2D eigenvalue weighted by molar-refractivity contribution is 5.87. The molecule has 2 aromatic rings. The van der Waals surface area contributed by atoms with Crippen molar-refractivity contribution in [2.75, 3.05) is 14.2 Å². The van der Waals surface area contributed by atoms with Crippen LogP contribution >= 0.6 is 0 Å². The summed E-state index contributed by atoms with van der Waals surface area (Å²) in [6, 6.07) is 5.01. The molecule has 0 amide bonds. The van der Waals surface area contributed by atoms with Crippen molar-refractivity contribution < 1.29 is 23.9 Å². The molecule has 0 unspecified atom stereocenters. The second kappa shape index (κ2) is 6.30. The largest absolute Gasteiger partial charge is 0.496 e. The molecule has 1 aromatic carbocycles. The monoisotopic (exact) mass is 291 g/mol. The van der Waals surface area contributed by atoms with Gasteiger partial charge in [-0.3, -0.25) is 0 Å². The zero-order chi connectivity index (χ0) is 15.4. The number of benzene rings is 1. The Labute approximate surface area is 122 Å². The molecule has 0 saturated carbocycles. The van der Waals surface area contributed by atoms with E-state index in [9.17, 15) is 4.79 Å². The van der Waals surface area contributed by atoms with Gasteiger partial charge in [0, 0.05) is 6.07 Å². The van der Waals surface area contributed by atoms with Gasteiger partial charge in [0.15, 0.2) is 11.5 Å². The Bertz CT molecular complexity index is 648. The summed E-state index contributed by atoms with van der Waals surface area (Å²) in [4.78, 5) is 10.9. The van der Waals surface area contributed by atoms with E-state index in [1.807, 2.05) is 6.07 Å². The lowest BCUT2D eigenvalue weighted by molar-refractivity contribution is 0.0686. The summed E-state index contributed by atoms with van der Waals surface area (Å²) in [6.07, 6.45) is 1.83. The molecule has 0 bridgehead atoms. The minimum absolute atomic E-state index is 0.149. The number of hydrogen-bond donors (Lipinski definition) is 1. The maximum atomic E-state index is 10.9. The van der Waals surface area contributed by atoms with Crippen LogP contribution in [0.1, 0.15) is 29.4 Å². The number of carbonyl (C=O) groups is 1. The Hall–Kier alpha value is -2.50. The summed E-state index contributed by atoms with van der Waals surface area (Å²) in [5.74, 6) is 0.484. The van der Waals surface area contributed by atoms with Crippen LogP contribution in [0.5, 0.6) is 11.5 Å². The number of carboxylic acid groups (broad SMARTS) is 1. The Morgan fingerprint density at radius 3 is 2.48 bits per heavy atom. The van der Waals surface area contributed by atoms with Gasteiger partial charge in [-0.2, -0.15) is 0 Å². The van der Waals surface area contributed by atoms with Crippen LogP contribution in [-0.2, 0) is 6.42 Å². The lowest BCUT2D eigenvalue weighted by Gasteiger charge is -2.13. The molecule has 6 heteroatoms. The summed E-state index contributed by atoms with van der Waals surface area (Å²) < 4.78 is 15.8. The van der Waals surface area contributed by atoms with Crippen molar-refractivity contribution in [3.8, 4) is 22.8 Å². The number of hydrogen-bond acceptors (Lipinski definition) is 5. The molecule has 0 spiro atoms. The van der Waals surface area contributed by atoms with Crippen molar-refractivity contribution in [2.24, 2.45) is 0 Å². The van der Waals surface area contributed by atoms with E-state index in [1.54, 1.807) is 20.3 Å². The fraction of sp³-hybridized carbons (Fsp3) is 0.333.